The van der Waals surface area contributed by atoms with Gasteiger partial charge in [0.05, 0.1) is 6.54 Å². The van der Waals surface area contributed by atoms with E-state index in [2.05, 4.69) is 48.4 Å². The molecule has 3 rings (SSSR count). The summed E-state index contributed by atoms with van der Waals surface area (Å²) in [7, 11) is 0. The molecule has 0 aliphatic carbocycles. The first-order chi connectivity index (χ1) is 12.5. The van der Waals surface area contributed by atoms with E-state index in [9.17, 15) is 0 Å². The monoisotopic (exact) mass is 499 g/mol. The van der Waals surface area contributed by atoms with E-state index in [4.69, 9.17) is 22.1 Å². The lowest BCUT2D eigenvalue weighted by molar-refractivity contribution is 0.0531. The Morgan fingerprint density at radius 2 is 1.81 bits per heavy atom. The van der Waals surface area contributed by atoms with Crippen molar-refractivity contribution in [1.29, 1.82) is 0 Å². The number of guanidine groups is 1. The van der Waals surface area contributed by atoms with Crippen molar-refractivity contribution in [2.24, 2.45) is 10.7 Å². The number of nitrogens with zero attached hydrogens (tertiary/aromatic N) is 1. The molecule has 0 aromatic heterocycles. The molecule has 2 aromatic carbocycles. The second kappa shape index (κ2) is 9.75. The van der Waals surface area contributed by atoms with Crippen molar-refractivity contribution < 1.29 is 4.74 Å². The standard InChI is InChI=1S/C21H26ClN3O.HI/c1-15-10-16(2)12-19(11-15)25-20(23)24-14-21(6-8-26-9-7-21)17-4-3-5-18(22)13-17;/h3-5,10-13H,6-9,14H2,1-2H3,(H3,23,24,25);1H. The summed E-state index contributed by atoms with van der Waals surface area (Å²) in [5.41, 5.74) is 10.6. The van der Waals surface area contributed by atoms with Crippen molar-refractivity contribution >= 4 is 47.2 Å². The van der Waals surface area contributed by atoms with Crippen LogP contribution in [0.1, 0.15) is 29.5 Å². The minimum absolute atomic E-state index is 0. The molecular weight excluding hydrogens is 473 g/mol. The Bertz CT molecular complexity index is 784. The van der Waals surface area contributed by atoms with Gasteiger partial charge in [-0.05, 0) is 67.6 Å². The van der Waals surface area contributed by atoms with Gasteiger partial charge in [-0.15, -0.1) is 24.0 Å². The van der Waals surface area contributed by atoms with E-state index in [0.717, 1.165) is 36.8 Å². The van der Waals surface area contributed by atoms with Crippen molar-refractivity contribution in [2.45, 2.75) is 32.1 Å². The summed E-state index contributed by atoms with van der Waals surface area (Å²) in [6.07, 6.45) is 1.82. The zero-order valence-corrected chi connectivity index (χ0v) is 18.9. The minimum Gasteiger partial charge on any atom is -0.381 e. The van der Waals surface area contributed by atoms with Crippen LogP contribution >= 0.6 is 35.6 Å². The lowest BCUT2D eigenvalue weighted by Gasteiger charge is -2.36. The zero-order chi connectivity index (χ0) is 18.6. The number of nitrogens with one attached hydrogen (secondary N) is 1. The number of anilines is 1. The Morgan fingerprint density at radius 3 is 2.44 bits per heavy atom. The summed E-state index contributed by atoms with van der Waals surface area (Å²) in [5.74, 6) is 0.433. The van der Waals surface area contributed by atoms with Gasteiger partial charge in [0.1, 0.15) is 0 Å². The average Bonchev–Trinajstić information content (AvgIpc) is 2.60. The number of benzene rings is 2. The molecule has 0 radical (unpaired) electrons. The SMILES string of the molecule is Cc1cc(C)cc(NC(N)=NCC2(c3cccc(Cl)c3)CCOCC2)c1.I. The molecule has 0 bridgehead atoms. The summed E-state index contributed by atoms with van der Waals surface area (Å²) < 4.78 is 5.58. The third kappa shape index (κ3) is 5.83. The van der Waals surface area contributed by atoms with Crippen LogP contribution in [0.5, 0.6) is 0 Å². The predicted molar refractivity (Wildman–Crippen MR) is 125 cm³/mol. The molecule has 0 saturated carbocycles. The van der Waals surface area contributed by atoms with Gasteiger partial charge in [0.15, 0.2) is 5.96 Å². The Labute approximate surface area is 183 Å². The number of halogens is 2. The van der Waals surface area contributed by atoms with Crippen LogP contribution in [0.15, 0.2) is 47.5 Å². The number of hydrogen-bond donors (Lipinski definition) is 2. The topological polar surface area (TPSA) is 59.6 Å². The quantitative estimate of drug-likeness (QED) is 0.352. The molecular formula is C21H27ClIN3O. The molecule has 1 aliphatic rings. The van der Waals surface area contributed by atoms with Crippen molar-refractivity contribution in [2.75, 3.05) is 25.1 Å². The summed E-state index contributed by atoms with van der Waals surface area (Å²) in [6, 6.07) is 14.3. The van der Waals surface area contributed by atoms with Crippen molar-refractivity contribution in [3.63, 3.8) is 0 Å². The number of ether oxygens (including phenoxy) is 1. The molecule has 0 amide bonds. The van der Waals surface area contributed by atoms with Crippen molar-refractivity contribution in [1.82, 2.24) is 0 Å². The Morgan fingerprint density at radius 1 is 1.15 bits per heavy atom. The fourth-order valence-electron chi connectivity index (χ4n) is 3.59. The predicted octanol–water partition coefficient (Wildman–Crippen LogP) is 5.05. The van der Waals surface area contributed by atoms with E-state index in [-0.39, 0.29) is 29.4 Å². The number of aryl methyl sites for hydroxylation is 2. The van der Waals surface area contributed by atoms with E-state index in [1.165, 1.54) is 16.7 Å². The van der Waals surface area contributed by atoms with Crippen LogP contribution in [0.25, 0.3) is 0 Å². The third-order valence-electron chi connectivity index (χ3n) is 4.93. The zero-order valence-electron chi connectivity index (χ0n) is 15.8. The van der Waals surface area contributed by atoms with Gasteiger partial charge in [-0.2, -0.15) is 0 Å². The van der Waals surface area contributed by atoms with E-state index in [0.29, 0.717) is 12.5 Å². The molecule has 1 aliphatic heterocycles. The van der Waals surface area contributed by atoms with E-state index >= 15 is 0 Å². The van der Waals surface area contributed by atoms with Crippen LogP contribution < -0.4 is 11.1 Å². The van der Waals surface area contributed by atoms with Crippen LogP contribution in [0, 0.1) is 13.8 Å². The Hall–Kier alpha value is -1.31. The lowest BCUT2D eigenvalue weighted by Crippen LogP contribution is -2.38. The molecule has 6 heteroatoms. The molecule has 0 atom stereocenters. The smallest absolute Gasteiger partial charge is 0.193 e. The Kier molecular flexibility index (Phi) is 7.94. The average molecular weight is 500 g/mol. The van der Waals surface area contributed by atoms with Gasteiger partial charge in [0.25, 0.3) is 0 Å². The van der Waals surface area contributed by atoms with Gasteiger partial charge in [0.2, 0.25) is 0 Å². The molecule has 4 nitrogen and oxygen atoms in total. The van der Waals surface area contributed by atoms with Crippen LogP contribution in [0.2, 0.25) is 5.02 Å². The van der Waals surface area contributed by atoms with Crippen LogP contribution in [-0.4, -0.2) is 25.7 Å². The van der Waals surface area contributed by atoms with Crippen LogP contribution in [0.4, 0.5) is 5.69 Å². The third-order valence-corrected chi connectivity index (χ3v) is 5.17. The minimum atomic E-state index is -0.0853. The number of aliphatic imine (C=N–C) groups is 1. The van der Waals surface area contributed by atoms with Gasteiger partial charge < -0.3 is 15.8 Å². The van der Waals surface area contributed by atoms with Crippen LogP contribution in [0.3, 0.4) is 0 Å². The first-order valence-electron chi connectivity index (χ1n) is 8.96. The highest BCUT2D eigenvalue weighted by molar-refractivity contribution is 14.0. The van der Waals surface area contributed by atoms with E-state index < -0.39 is 0 Å². The normalized spacial score (nSPS) is 16.5. The maximum absolute atomic E-state index is 6.22. The van der Waals surface area contributed by atoms with Crippen molar-refractivity contribution in [3.8, 4) is 0 Å². The lowest BCUT2D eigenvalue weighted by atomic mass is 9.74. The number of hydrogen-bond acceptors (Lipinski definition) is 2. The highest BCUT2D eigenvalue weighted by Gasteiger charge is 2.34. The fraction of sp³-hybridized carbons (Fsp3) is 0.381. The molecule has 27 heavy (non-hydrogen) atoms. The summed E-state index contributed by atoms with van der Waals surface area (Å²) >= 11 is 6.22. The van der Waals surface area contributed by atoms with Gasteiger partial charge in [-0.3, -0.25) is 4.99 Å². The molecule has 146 valence electrons. The van der Waals surface area contributed by atoms with E-state index in [1.807, 2.05) is 18.2 Å². The number of nitrogens with two attached hydrogens (primary N) is 1. The first-order valence-corrected chi connectivity index (χ1v) is 9.34. The van der Waals surface area contributed by atoms with Crippen molar-refractivity contribution in [3.05, 3.63) is 64.2 Å². The summed E-state index contributed by atoms with van der Waals surface area (Å²) in [5, 5.41) is 3.96. The van der Waals surface area contributed by atoms with Gasteiger partial charge >= 0.3 is 0 Å². The van der Waals surface area contributed by atoms with Gasteiger partial charge in [0, 0.05) is 29.3 Å². The molecule has 1 fully saturated rings. The maximum Gasteiger partial charge on any atom is 0.193 e. The van der Waals surface area contributed by atoms with Gasteiger partial charge in [-0.25, -0.2) is 0 Å². The van der Waals surface area contributed by atoms with Crippen LogP contribution in [-0.2, 0) is 10.2 Å². The number of rotatable bonds is 4. The molecule has 1 saturated heterocycles. The molecule has 1 heterocycles. The van der Waals surface area contributed by atoms with Gasteiger partial charge in [-0.1, -0.05) is 29.8 Å². The molecule has 0 unspecified atom stereocenters. The fourth-order valence-corrected chi connectivity index (χ4v) is 3.78. The highest BCUT2D eigenvalue weighted by atomic mass is 127. The van der Waals surface area contributed by atoms with E-state index in [1.54, 1.807) is 0 Å². The summed E-state index contributed by atoms with van der Waals surface area (Å²) in [4.78, 5) is 4.67. The Balaban J connectivity index is 0.00000261. The first kappa shape index (κ1) is 22.0. The molecule has 3 N–H and O–H groups in total. The molecule has 0 spiro atoms. The largest absolute Gasteiger partial charge is 0.381 e. The maximum atomic E-state index is 6.22. The highest BCUT2D eigenvalue weighted by Crippen LogP contribution is 2.36. The second-order valence-corrected chi connectivity index (χ2v) is 7.54. The summed E-state index contributed by atoms with van der Waals surface area (Å²) in [6.45, 7) is 6.21. The molecule has 2 aromatic rings. The second-order valence-electron chi connectivity index (χ2n) is 7.11.